The van der Waals surface area contributed by atoms with Crippen LogP contribution in [-0.2, 0) is 5.41 Å². The number of benzene rings is 10. The van der Waals surface area contributed by atoms with Gasteiger partial charge in [0.05, 0.1) is 22.1 Å². The van der Waals surface area contributed by atoms with Crippen LogP contribution in [0, 0.1) is 0 Å². The molecule has 0 N–H and O–H groups in total. The molecule has 1 heterocycles. The van der Waals surface area contributed by atoms with E-state index in [9.17, 15) is 0 Å². The molecule has 0 saturated carbocycles. The Morgan fingerprint density at radius 3 is 1.74 bits per heavy atom. The Morgan fingerprint density at radius 2 is 0.934 bits per heavy atom. The van der Waals surface area contributed by atoms with E-state index >= 15 is 0 Å². The maximum atomic E-state index is 2.47. The summed E-state index contributed by atoms with van der Waals surface area (Å²) in [5, 5.41) is 4.91. The van der Waals surface area contributed by atoms with Crippen molar-refractivity contribution in [2.24, 2.45) is 0 Å². The summed E-state index contributed by atoms with van der Waals surface area (Å²) >= 11 is 0. The van der Waals surface area contributed by atoms with Crippen LogP contribution in [0.15, 0.2) is 243 Å². The van der Waals surface area contributed by atoms with Gasteiger partial charge in [-0.15, -0.1) is 0 Å². The molecule has 12 rings (SSSR count). The second kappa shape index (κ2) is 14.1. The predicted molar refractivity (Wildman–Crippen MR) is 256 cm³/mol. The SMILES string of the molecule is c1ccc(N(c2cccc(-c3ccc4c5ccccc5n(-c5ccc6c(c5)-c5ccccc5C6(c5ccccc5)c5ccccc5)c4c3)c2)c2cccc3ccccc23)cc1. The maximum Gasteiger partial charge on any atom is 0.0713 e. The highest BCUT2D eigenvalue weighted by molar-refractivity contribution is 6.10. The molecular formula is C59H40N2. The summed E-state index contributed by atoms with van der Waals surface area (Å²) in [4.78, 5) is 2.38. The van der Waals surface area contributed by atoms with E-state index in [2.05, 4.69) is 252 Å². The summed E-state index contributed by atoms with van der Waals surface area (Å²) in [7, 11) is 0. The molecule has 286 valence electrons. The number of hydrogen-bond acceptors (Lipinski definition) is 1. The zero-order valence-corrected chi connectivity index (χ0v) is 33.5. The normalized spacial score (nSPS) is 12.7. The topological polar surface area (TPSA) is 8.17 Å². The lowest BCUT2D eigenvalue weighted by molar-refractivity contribution is 0.768. The first kappa shape index (κ1) is 35.0. The Bertz CT molecular complexity index is 3370. The van der Waals surface area contributed by atoms with Crippen molar-refractivity contribution in [3.8, 4) is 27.9 Å². The van der Waals surface area contributed by atoms with E-state index in [1.807, 2.05) is 0 Å². The highest BCUT2D eigenvalue weighted by atomic mass is 15.1. The number of fused-ring (bicyclic) bond motifs is 7. The van der Waals surface area contributed by atoms with E-state index in [1.54, 1.807) is 0 Å². The Labute approximate surface area is 355 Å². The fourth-order valence-corrected chi connectivity index (χ4v) is 10.2. The third kappa shape index (κ3) is 5.43. The minimum Gasteiger partial charge on any atom is -0.310 e. The van der Waals surface area contributed by atoms with Crippen molar-refractivity contribution in [3.05, 3.63) is 265 Å². The van der Waals surface area contributed by atoms with Crippen LogP contribution in [0.1, 0.15) is 22.3 Å². The van der Waals surface area contributed by atoms with Crippen LogP contribution in [0.5, 0.6) is 0 Å². The smallest absolute Gasteiger partial charge is 0.0713 e. The summed E-state index contributed by atoms with van der Waals surface area (Å²) in [6.45, 7) is 0. The lowest BCUT2D eigenvalue weighted by atomic mass is 9.68. The van der Waals surface area contributed by atoms with Crippen molar-refractivity contribution in [1.29, 1.82) is 0 Å². The molecule has 1 aliphatic rings. The molecular weight excluding hydrogens is 737 g/mol. The molecule has 0 unspecified atom stereocenters. The molecule has 11 aromatic rings. The van der Waals surface area contributed by atoms with Crippen molar-refractivity contribution >= 4 is 49.6 Å². The first-order valence-electron chi connectivity index (χ1n) is 21.1. The average molecular weight is 777 g/mol. The van der Waals surface area contributed by atoms with E-state index in [-0.39, 0.29) is 0 Å². The van der Waals surface area contributed by atoms with Crippen LogP contribution in [-0.4, -0.2) is 4.57 Å². The van der Waals surface area contributed by atoms with Crippen molar-refractivity contribution in [2.75, 3.05) is 4.90 Å². The molecule has 0 saturated heterocycles. The van der Waals surface area contributed by atoms with Gasteiger partial charge in [-0.2, -0.15) is 0 Å². The van der Waals surface area contributed by atoms with Crippen LogP contribution in [0.4, 0.5) is 17.1 Å². The molecule has 0 spiro atoms. The van der Waals surface area contributed by atoms with E-state index in [4.69, 9.17) is 0 Å². The van der Waals surface area contributed by atoms with Gasteiger partial charge >= 0.3 is 0 Å². The monoisotopic (exact) mass is 776 g/mol. The van der Waals surface area contributed by atoms with Crippen LogP contribution in [0.3, 0.4) is 0 Å². The molecule has 2 heteroatoms. The van der Waals surface area contributed by atoms with Crippen LogP contribution >= 0.6 is 0 Å². The third-order valence-corrected chi connectivity index (χ3v) is 12.8. The maximum absolute atomic E-state index is 2.47. The van der Waals surface area contributed by atoms with Gasteiger partial charge in [0.15, 0.2) is 0 Å². The van der Waals surface area contributed by atoms with Gasteiger partial charge in [0.1, 0.15) is 0 Å². The van der Waals surface area contributed by atoms with Crippen molar-refractivity contribution < 1.29 is 0 Å². The lowest BCUT2D eigenvalue weighted by Crippen LogP contribution is -2.28. The highest BCUT2D eigenvalue weighted by Gasteiger charge is 2.46. The molecule has 10 aromatic carbocycles. The van der Waals surface area contributed by atoms with Gasteiger partial charge in [0, 0.05) is 33.2 Å². The predicted octanol–water partition coefficient (Wildman–Crippen LogP) is 15.4. The number of aromatic nitrogens is 1. The minimum absolute atomic E-state index is 0.439. The molecule has 0 bridgehead atoms. The molecule has 61 heavy (non-hydrogen) atoms. The van der Waals surface area contributed by atoms with E-state index in [0.29, 0.717) is 0 Å². The fraction of sp³-hybridized carbons (Fsp3) is 0.0169. The molecule has 1 aliphatic carbocycles. The minimum atomic E-state index is -0.439. The number of rotatable bonds is 7. The zero-order valence-electron chi connectivity index (χ0n) is 33.5. The van der Waals surface area contributed by atoms with Gasteiger partial charge in [-0.25, -0.2) is 0 Å². The third-order valence-electron chi connectivity index (χ3n) is 12.8. The standard InChI is InChI=1S/C59H40N2/c1-4-21-44(22-5-1)59(45-23-6-2-7-24-45)54-31-14-12-29-50(54)53-40-48(35-37-55(53)59)61-57-32-15-13-30-51(57)52-36-34-43(39-58(52)61)42-20-16-27-47(38-42)60(46-25-8-3-9-26-46)56-33-17-19-41-18-10-11-28-49(41)56/h1-40H. The highest BCUT2D eigenvalue weighted by Crippen LogP contribution is 2.56. The van der Waals surface area contributed by atoms with Gasteiger partial charge in [0.2, 0.25) is 0 Å². The van der Waals surface area contributed by atoms with Crippen LogP contribution < -0.4 is 4.90 Å². The average Bonchev–Trinajstić information content (AvgIpc) is 3.83. The van der Waals surface area contributed by atoms with E-state index < -0.39 is 5.41 Å². The summed E-state index contributed by atoms with van der Waals surface area (Å²) in [5.74, 6) is 0. The van der Waals surface area contributed by atoms with E-state index in [0.717, 1.165) is 28.3 Å². The largest absolute Gasteiger partial charge is 0.310 e. The number of nitrogens with zero attached hydrogens (tertiary/aromatic N) is 2. The van der Waals surface area contributed by atoms with Gasteiger partial charge < -0.3 is 9.47 Å². The number of hydrogen-bond donors (Lipinski definition) is 0. The fourth-order valence-electron chi connectivity index (χ4n) is 10.2. The van der Waals surface area contributed by atoms with Gasteiger partial charge in [0.25, 0.3) is 0 Å². The number of para-hydroxylation sites is 2. The Hall–Kier alpha value is -7.94. The van der Waals surface area contributed by atoms with Gasteiger partial charge in [-0.1, -0.05) is 188 Å². The number of anilines is 3. The summed E-state index contributed by atoms with van der Waals surface area (Å²) in [5.41, 5.74) is 16.5. The molecule has 1 aromatic heterocycles. The van der Waals surface area contributed by atoms with Gasteiger partial charge in [-0.3, -0.25) is 0 Å². The van der Waals surface area contributed by atoms with Crippen LogP contribution in [0.2, 0.25) is 0 Å². The van der Waals surface area contributed by atoms with Crippen LogP contribution in [0.25, 0.3) is 60.5 Å². The molecule has 2 nitrogen and oxygen atoms in total. The van der Waals surface area contributed by atoms with Crippen molar-refractivity contribution in [2.45, 2.75) is 5.41 Å². The second-order valence-corrected chi connectivity index (χ2v) is 16.1. The second-order valence-electron chi connectivity index (χ2n) is 16.1. The lowest BCUT2D eigenvalue weighted by Gasteiger charge is -2.33. The summed E-state index contributed by atoms with van der Waals surface area (Å²) in [6.07, 6.45) is 0. The molecule has 0 amide bonds. The zero-order chi connectivity index (χ0) is 40.3. The first-order valence-corrected chi connectivity index (χ1v) is 21.1. The molecule has 0 aliphatic heterocycles. The van der Waals surface area contributed by atoms with Crippen molar-refractivity contribution in [1.82, 2.24) is 4.57 Å². The van der Waals surface area contributed by atoms with Crippen molar-refractivity contribution in [3.63, 3.8) is 0 Å². The molecule has 0 fully saturated rings. The molecule has 0 radical (unpaired) electrons. The Balaban J connectivity index is 1.04. The summed E-state index contributed by atoms with van der Waals surface area (Å²) in [6, 6.07) is 89.0. The van der Waals surface area contributed by atoms with E-state index in [1.165, 1.54) is 71.5 Å². The molecule has 0 atom stereocenters. The Morgan fingerprint density at radius 1 is 0.344 bits per heavy atom. The first-order chi connectivity index (χ1) is 30.3. The van der Waals surface area contributed by atoms with Gasteiger partial charge in [-0.05, 0) is 104 Å². The summed E-state index contributed by atoms with van der Waals surface area (Å²) < 4.78 is 2.47. The Kier molecular flexibility index (Phi) is 8.11. The quantitative estimate of drug-likeness (QED) is 0.156.